The molecule has 1 saturated heterocycles. The SMILES string of the molecule is CCCn1cc(CN2CCCN(C(=O)C3=COCCC3)CC2)cn1. The first-order chi connectivity index (χ1) is 11.8. The molecule has 2 aliphatic rings. The van der Waals surface area contributed by atoms with E-state index in [2.05, 4.69) is 23.1 Å². The van der Waals surface area contributed by atoms with Crippen LogP contribution in [0.5, 0.6) is 0 Å². The zero-order valence-corrected chi connectivity index (χ0v) is 14.6. The number of hydrogen-bond acceptors (Lipinski definition) is 4. The fourth-order valence-electron chi connectivity index (χ4n) is 3.35. The van der Waals surface area contributed by atoms with E-state index in [9.17, 15) is 4.79 Å². The first-order valence-electron chi connectivity index (χ1n) is 9.10. The molecule has 0 atom stereocenters. The standard InChI is InChI=1S/C18H28N4O2/c1-2-6-22-14-16(12-19-22)13-20-7-4-8-21(10-9-20)18(23)17-5-3-11-24-15-17/h12,14-15H,2-11,13H2,1H3. The Bertz CT molecular complexity index is 581. The Kier molecular flexibility index (Phi) is 5.91. The van der Waals surface area contributed by atoms with Gasteiger partial charge in [-0.2, -0.15) is 5.10 Å². The molecule has 2 aliphatic heterocycles. The van der Waals surface area contributed by atoms with Gasteiger partial charge in [-0.3, -0.25) is 14.4 Å². The fraction of sp³-hybridized carbons (Fsp3) is 0.667. The Morgan fingerprint density at radius 3 is 2.96 bits per heavy atom. The van der Waals surface area contributed by atoms with E-state index in [1.54, 1.807) is 6.26 Å². The lowest BCUT2D eigenvalue weighted by Gasteiger charge is -2.24. The van der Waals surface area contributed by atoms with Crippen LogP contribution in [0.2, 0.25) is 0 Å². The van der Waals surface area contributed by atoms with Crippen LogP contribution in [0.25, 0.3) is 0 Å². The lowest BCUT2D eigenvalue weighted by Crippen LogP contribution is -2.36. The van der Waals surface area contributed by atoms with Crippen LogP contribution in [0.4, 0.5) is 0 Å². The molecule has 6 heteroatoms. The van der Waals surface area contributed by atoms with Crippen molar-refractivity contribution in [1.29, 1.82) is 0 Å². The molecular weight excluding hydrogens is 304 g/mol. The highest BCUT2D eigenvalue weighted by atomic mass is 16.5. The molecule has 0 aromatic carbocycles. The monoisotopic (exact) mass is 332 g/mol. The zero-order chi connectivity index (χ0) is 16.8. The first kappa shape index (κ1) is 17.0. The summed E-state index contributed by atoms with van der Waals surface area (Å²) < 4.78 is 7.33. The Hall–Kier alpha value is -1.82. The number of aryl methyl sites for hydroxylation is 1. The zero-order valence-electron chi connectivity index (χ0n) is 14.6. The molecule has 3 rings (SSSR count). The number of amides is 1. The molecule has 1 aromatic rings. The molecule has 0 bridgehead atoms. The van der Waals surface area contributed by atoms with Crippen LogP contribution in [0.15, 0.2) is 24.2 Å². The molecule has 132 valence electrons. The molecule has 0 spiro atoms. The maximum atomic E-state index is 12.6. The normalized spacial score (nSPS) is 19.5. The predicted octanol–water partition coefficient (Wildman–Crippen LogP) is 2.02. The van der Waals surface area contributed by atoms with Gasteiger partial charge in [-0.25, -0.2) is 0 Å². The van der Waals surface area contributed by atoms with E-state index in [1.807, 2.05) is 15.8 Å². The summed E-state index contributed by atoms with van der Waals surface area (Å²) in [5.41, 5.74) is 2.09. The van der Waals surface area contributed by atoms with E-state index < -0.39 is 0 Å². The third-order valence-corrected chi connectivity index (χ3v) is 4.63. The lowest BCUT2D eigenvalue weighted by atomic mass is 10.1. The van der Waals surface area contributed by atoms with Crippen LogP contribution in [0.3, 0.4) is 0 Å². The van der Waals surface area contributed by atoms with Crippen LogP contribution in [0, 0.1) is 0 Å². The van der Waals surface area contributed by atoms with Crippen LogP contribution < -0.4 is 0 Å². The van der Waals surface area contributed by atoms with Crippen molar-refractivity contribution < 1.29 is 9.53 Å². The van der Waals surface area contributed by atoms with Gasteiger partial charge in [-0.15, -0.1) is 0 Å². The molecule has 1 amide bonds. The Morgan fingerprint density at radius 2 is 2.17 bits per heavy atom. The van der Waals surface area contributed by atoms with Crippen molar-refractivity contribution in [1.82, 2.24) is 19.6 Å². The average molecular weight is 332 g/mol. The van der Waals surface area contributed by atoms with Gasteiger partial charge in [0.25, 0.3) is 5.91 Å². The third-order valence-electron chi connectivity index (χ3n) is 4.63. The number of carbonyl (C=O) groups excluding carboxylic acids is 1. The summed E-state index contributed by atoms with van der Waals surface area (Å²) in [6, 6.07) is 0. The minimum absolute atomic E-state index is 0.160. The summed E-state index contributed by atoms with van der Waals surface area (Å²) in [5.74, 6) is 0.160. The second kappa shape index (κ2) is 8.33. The number of aromatic nitrogens is 2. The largest absolute Gasteiger partial charge is 0.501 e. The lowest BCUT2D eigenvalue weighted by molar-refractivity contribution is -0.127. The van der Waals surface area contributed by atoms with Crippen molar-refractivity contribution >= 4 is 5.91 Å². The van der Waals surface area contributed by atoms with Gasteiger partial charge in [0, 0.05) is 51.0 Å². The molecular formula is C18H28N4O2. The molecule has 0 radical (unpaired) electrons. The molecule has 0 aliphatic carbocycles. The van der Waals surface area contributed by atoms with E-state index in [4.69, 9.17) is 4.74 Å². The smallest absolute Gasteiger partial charge is 0.252 e. The van der Waals surface area contributed by atoms with Crippen LogP contribution >= 0.6 is 0 Å². The van der Waals surface area contributed by atoms with Crippen LogP contribution in [-0.2, 0) is 22.6 Å². The summed E-state index contributed by atoms with van der Waals surface area (Å²) >= 11 is 0. The van der Waals surface area contributed by atoms with Gasteiger partial charge >= 0.3 is 0 Å². The summed E-state index contributed by atoms with van der Waals surface area (Å²) in [7, 11) is 0. The summed E-state index contributed by atoms with van der Waals surface area (Å²) in [6.07, 6.45) is 9.67. The van der Waals surface area contributed by atoms with Crippen molar-refractivity contribution in [2.24, 2.45) is 0 Å². The van der Waals surface area contributed by atoms with E-state index in [-0.39, 0.29) is 5.91 Å². The van der Waals surface area contributed by atoms with Crippen molar-refractivity contribution in [3.05, 3.63) is 29.8 Å². The molecule has 0 unspecified atom stereocenters. The maximum absolute atomic E-state index is 12.6. The minimum Gasteiger partial charge on any atom is -0.501 e. The van der Waals surface area contributed by atoms with Crippen LogP contribution in [-0.4, -0.2) is 58.3 Å². The molecule has 3 heterocycles. The number of carbonyl (C=O) groups is 1. The van der Waals surface area contributed by atoms with Crippen molar-refractivity contribution in [3.63, 3.8) is 0 Å². The van der Waals surface area contributed by atoms with Crippen molar-refractivity contribution in [2.45, 2.75) is 45.7 Å². The van der Waals surface area contributed by atoms with E-state index in [0.717, 1.165) is 77.1 Å². The Morgan fingerprint density at radius 1 is 1.25 bits per heavy atom. The minimum atomic E-state index is 0.160. The summed E-state index contributed by atoms with van der Waals surface area (Å²) in [6.45, 7) is 8.35. The number of rotatable bonds is 5. The third kappa shape index (κ3) is 4.38. The fourth-order valence-corrected chi connectivity index (χ4v) is 3.35. The van der Waals surface area contributed by atoms with Crippen molar-refractivity contribution in [2.75, 3.05) is 32.8 Å². The Balaban J connectivity index is 1.52. The van der Waals surface area contributed by atoms with Gasteiger partial charge in [-0.05, 0) is 25.7 Å². The Labute approximate surface area is 144 Å². The van der Waals surface area contributed by atoms with Crippen molar-refractivity contribution in [3.8, 4) is 0 Å². The van der Waals surface area contributed by atoms with Gasteiger partial charge in [0.05, 0.1) is 24.6 Å². The number of hydrogen-bond donors (Lipinski definition) is 0. The van der Waals surface area contributed by atoms with Gasteiger partial charge in [-0.1, -0.05) is 6.92 Å². The highest BCUT2D eigenvalue weighted by Gasteiger charge is 2.23. The maximum Gasteiger partial charge on any atom is 0.252 e. The highest BCUT2D eigenvalue weighted by molar-refractivity contribution is 5.93. The van der Waals surface area contributed by atoms with E-state index >= 15 is 0 Å². The predicted molar refractivity (Wildman–Crippen MR) is 92.3 cm³/mol. The molecule has 6 nitrogen and oxygen atoms in total. The molecule has 0 N–H and O–H groups in total. The average Bonchev–Trinajstić information content (AvgIpc) is 2.91. The van der Waals surface area contributed by atoms with E-state index in [1.165, 1.54) is 5.56 Å². The molecule has 1 fully saturated rings. The molecule has 24 heavy (non-hydrogen) atoms. The molecule has 0 saturated carbocycles. The van der Waals surface area contributed by atoms with E-state index in [0.29, 0.717) is 0 Å². The summed E-state index contributed by atoms with van der Waals surface area (Å²) in [4.78, 5) is 17.0. The second-order valence-corrected chi connectivity index (χ2v) is 6.65. The van der Waals surface area contributed by atoms with Gasteiger partial charge in [0.1, 0.15) is 0 Å². The van der Waals surface area contributed by atoms with Crippen LogP contribution in [0.1, 0.15) is 38.2 Å². The second-order valence-electron chi connectivity index (χ2n) is 6.65. The van der Waals surface area contributed by atoms with Gasteiger partial charge in [0.15, 0.2) is 0 Å². The summed E-state index contributed by atoms with van der Waals surface area (Å²) in [5, 5.41) is 4.40. The number of nitrogens with zero attached hydrogens (tertiary/aromatic N) is 4. The topological polar surface area (TPSA) is 50.6 Å². The quantitative estimate of drug-likeness (QED) is 0.828. The molecule has 1 aromatic heterocycles. The van der Waals surface area contributed by atoms with Gasteiger partial charge < -0.3 is 9.64 Å². The highest BCUT2D eigenvalue weighted by Crippen LogP contribution is 2.17. The van der Waals surface area contributed by atoms with Gasteiger partial charge in [0.2, 0.25) is 0 Å². The first-order valence-corrected chi connectivity index (χ1v) is 9.10. The number of ether oxygens (including phenoxy) is 1.